The van der Waals surface area contributed by atoms with E-state index in [4.69, 9.17) is 9.47 Å². The molecule has 1 heterocycles. The number of rotatable bonds is 5. The number of benzene rings is 1. The molecule has 0 atom stereocenters. The zero-order chi connectivity index (χ0) is 14.5. The summed E-state index contributed by atoms with van der Waals surface area (Å²) in [6.45, 7) is -0.407. The molecule has 0 aliphatic carbocycles. The lowest BCUT2D eigenvalue weighted by Gasteiger charge is -2.08. The minimum atomic E-state index is -0.790. The van der Waals surface area contributed by atoms with Gasteiger partial charge in [-0.3, -0.25) is 4.79 Å². The number of methoxy groups -OCH3 is 1. The number of ketones is 1. The van der Waals surface area contributed by atoms with Crippen LogP contribution in [0.1, 0.15) is 20.8 Å². The summed E-state index contributed by atoms with van der Waals surface area (Å²) in [4.78, 5) is 26.2. The third-order valence-electron chi connectivity index (χ3n) is 2.67. The molecular formula is C14H13NO5. The second-order valence-electron chi connectivity index (χ2n) is 3.94. The van der Waals surface area contributed by atoms with Crippen LogP contribution in [-0.4, -0.2) is 35.6 Å². The first kappa shape index (κ1) is 13.7. The predicted octanol–water partition coefficient (Wildman–Crippen LogP) is 1.77. The number of nitrogens with one attached hydrogen (secondary N) is 1. The molecule has 6 nitrogen and oxygen atoms in total. The highest BCUT2D eigenvalue weighted by molar-refractivity contribution is 5.99. The Morgan fingerprint density at radius 1 is 1.25 bits per heavy atom. The zero-order valence-electron chi connectivity index (χ0n) is 10.8. The second-order valence-corrected chi connectivity index (χ2v) is 3.94. The molecular weight excluding hydrogens is 262 g/mol. The largest absolute Gasteiger partial charge is 0.504 e. The van der Waals surface area contributed by atoms with Crippen molar-refractivity contribution >= 4 is 11.8 Å². The lowest BCUT2D eigenvalue weighted by atomic mass is 10.2. The van der Waals surface area contributed by atoms with Crippen LogP contribution < -0.4 is 4.74 Å². The van der Waals surface area contributed by atoms with E-state index in [1.165, 1.54) is 19.2 Å². The summed E-state index contributed by atoms with van der Waals surface area (Å²) in [6, 6.07) is 7.69. The summed E-state index contributed by atoms with van der Waals surface area (Å²) >= 11 is 0. The number of hydrogen-bond donors (Lipinski definition) is 2. The third kappa shape index (κ3) is 2.80. The molecule has 0 aliphatic rings. The van der Waals surface area contributed by atoms with Crippen LogP contribution in [0.3, 0.4) is 0 Å². The van der Waals surface area contributed by atoms with Gasteiger partial charge in [0.25, 0.3) is 0 Å². The van der Waals surface area contributed by atoms with E-state index >= 15 is 0 Å². The molecule has 20 heavy (non-hydrogen) atoms. The molecule has 0 aliphatic heterocycles. The van der Waals surface area contributed by atoms with E-state index in [0.717, 1.165) is 0 Å². The van der Waals surface area contributed by atoms with Gasteiger partial charge in [-0.05, 0) is 24.3 Å². The molecule has 0 spiro atoms. The Morgan fingerprint density at radius 2 is 2.05 bits per heavy atom. The first-order chi connectivity index (χ1) is 9.63. The van der Waals surface area contributed by atoms with E-state index in [1.54, 1.807) is 24.4 Å². The van der Waals surface area contributed by atoms with Gasteiger partial charge in [0.1, 0.15) is 5.56 Å². The maximum atomic E-state index is 11.8. The zero-order valence-corrected chi connectivity index (χ0v) is 10.8. The Hall–Kier alpha value is -2.76. The number of para-hydroxylation sites is 1. The van der Waals surface area contributed by atoms with E-state index in [0.29, 0.717) is 5.69 Å². The molecule has 0 unspecified atom stereocenters. The molecule has 2 rings (SSSR count). The molecule has 0 bridgehead atoms. The molecule has 2 aromatic rings. The average molecular weight is 275 g/mol. The predicted molar refractivity (Wildman–Crippen MR) is 70.1 cm³/mol. The van der Waals surface area contributed by atoms with E-state index in [9.17, 15) is 14.7 Å². The van der Waals surface area contributed by atoms with Gasteiger partial charge >= 0.3 is 5.97 Å². The Kier molecular flexibility index (Phi) is 4.05. The summed E-state index contributed by atoms with van der Waals surface area (Å²) in [5.41, 5.74) is 0.302. The molecule has 0 saturated heterocycles. The van der Waals surface area contributed by atoms with E-state index in [-0.39, 0.29) is 22.8 Å². The van der Waals surface area contributed by atoms with Crippen LogP contribution in [0, 0.1) is 0 Å². The van der Waals surface area contributed by atoms with Crippen molar-refractivity contribution in [2.24, 2.45) is 0 Å². The number of phenols is 1. The van der Waals surface area contributed by atoms with Gasteiger partial charge in [0.15, 0.2) is 18.1 Å². The van der Waals surface area contributed by atoms with Crippen molar-refractivity contribution < 1.29 is 24.2 Å². The Morgan fingerprint density at radius 3 is 2.70 bits per heavy atom. The van der Waals surface area contributed by atoms with Gasteiger partial charge in [-0.15, -0.1) is 0 Å². The van der Waals surface area contributed by atoms with Crippen LogP contribution in [0.25, 0.3) is 0 Å². The highest BCUT2D eigenvalue weighted by Crippen LogP contribution is 2.29. The highest BCUT2D eigenvalue weighted by atomic mass is 16.5. The normalized spacial score (nSPS) is 10.1. The van der Waals surface area contributed by atoms with Crippen LogP contribution in [0.4, 0.5) is 0 Å². The van der Waals surface area contributed by atoms with Gasteiger partial charge < -0.3 is 19.6 Å². The molecule has 0 radical (unpaired) electrons. The Balaban J connectivity index is 2.04. The summed E-state index contributed by atoms with van der Waals surface area (Å²) in [6.07, 6.45) is 1.60. The van der Waals surface area contributed by atoms with E-state index < -0.39 is 12.6 Å². The third-order valence-corrected chi connectivity index (χ3v) is 2.67. The van der Waals surface area contributed by atoms with Gasteiger partial charge in [0.05, 0.1) is 12.8 Å². The van der Waals surface area contributed by atoms with Gasteiger partial charge in [-0.1, -0.05) is 6.07 Å². The number of carbonyl (C=O) groups excluding carboxylic acids is 2. The van der Waals surface area contributed by atoms with Crippen molar-refractivity contribution in [3.8, 4) is 11.5 Å². The van der Waals surface area contributed by atoms with Crippen LogP contribution >= 0.6 is 0 Å². The van der Waals surface area contributed by atoms with Crippen molar-refractivity contribution in [1.29, 1.82) is 0 Å². The topological polar surface area (TPSA) is 88.6 Å². The van der Waals surface area contributed by atoms with Crippen molar-refractivity contribution in [3.63, 3.8) is 0 Å². The minimum Gasteiger partial charge on any atom is -0.504 e. The first-order valence-electron chi connectivity index (χ1n) is 5.83. The van der Waals surface area contributed by atoms with Crippen LogP contribution in [0.15, 0.2) is 36.5 Å². The number of Topliss-reactive ketones (excluding diaryl/α,β-unsaturated/α-hetero) is 1. The maximum Gasteiger partial charge on any atom is 0.342 e. The average Bonchev–Trinajstić information content (AvgIpc) is 2.99. The number of aromatic amines is 1. The number of ether oxygens (including phenoxy) is 2. The lowest BCUT2D eigenvalue weighted by Crippen LogP contribution is -2.14. The van der Waals surface area contributed by atoms with E-state index in [2.05, 4.69) is 4.98 Å². The van der Waals surface area contributed by atoms with Gasteiger partial charge in [-0.25, -0.2) is 4.79 Å². The molecule has 0 amide bonds. The SMILES string of the molecule is COc1cccc(C(=O)OCC(=O)c2ccc[nH]2)c1O. The number of aromatic nitrogens is 1. The molecule has 2 N–H and O–H groups in total. The van der Waals surface area contributed by atoms with Crippen LogP contribution in [0.5, 0.6) is 11.5 Å². The Labute approximate surface area is 115 Å². The molecule has 0 saturated carbocycles. The fourth-order valence-electron chi connectivity index (χ4n) is 1.64. The van der Waals surface area contributed by atoms with Gasteiger partial charge in [0, 0.05) is 6.20 Å². The Bertz CT molecular complexity index is 618. The summed E-state index contributed by atoms with van der Waals surface area (Å²) in [7, 11) is 1.37. The van der Waals surface area contributed by atoms with Crippen molar-refractivity contribution in [2.45, 2.75) is 0 Å². The monoisotopic (exact) mass is 275 g/mol. The standard InChI is InChI=1S/C14H13NO5/c1-19-12-6-2-4-9(13(12)17)14(18)20-8-11(16)10-5-3-7-15-10/h2-7,15,17H,8H2,1H3. The van der Waals surface area contributed by atoms with Crippen molar-refractivity contribution in [2.75, 3.05) is 13.7 Å². The lowest BCUT2D eigenvalue weighted by molar-refractivity contribution is 0.0470. The number of H-pyrrole nitrogens is 1. The van der Waals surface area contributed by atoms with Crippen LogP contribution in [0.2, 0.25) is 0 Å². The van der Waals surface area contributed by atoms with Crippen molar-refractivity contribution in [1.82, 2.24) is 4.98 Å². The molecule has 1 aromatic carbocycles. The number of phenolic OH excluding ortho intramolecular Hbond substituents is 1. The first-order valence-corrected chi connectivity index (χ1v) is 5.83. The number of aromatic hydroxyl groups is 1. The molecule has 0 fully saturated rings. The minimum absolute atomic E-state index is 0.0522. The summed E-state index contributed by atoms with van der Waals surface area (Å²) in [5, 5.41) is 9.79. The molecule has 1 aromatic heterocycles. The smallest absolute Gasteiger partial charge is 0.342 e. The fraction of sp³-hybridized carbons (Fsp3) is 0.143. The van der Waals surface area contributed by atoms with Crippen LogP contribution in [-0.2, 0) is 4.74 Å². The number of hydrogen-bond acceptors (Lipinski definition) is 5. The molecule has 6 heteroatoms. The second kappa shape index (κ2) is 5.92. The van der Waals surface area contributed by atoms with Crippen molar-refractivity contribution in [3.05, 3.63) is 47.8 Å². The number of esters is 1. The van der Waals surface area contributed by atoms with Gasteiger partial charge in [0.2, 0.25) is 5.78 Å². The molecule has 104 valence electrons. The summed E-state index contributed by atoms with van der Waals surface area (Å²) in [5.74, 6) is -1.30. The highest BCUT2D eigenvalue weighted by Gasteiger charge is 2.17. The maximum absolute atomic E-state index is 11.8. The number of carbonyl (C=O) groups is 2. The van der Waals surface area contributed by atoms with E-state index in [1.807, 2.05) is 0 Å². The van der Waals surface area contributed by atoms with Gasteiger partial charge in [-0.2, -0.15) is 0 Å². The quantitative estimate of drug-likeness (QED) is 0.641. The summed E-state index contributed by atoms with van der Waals surface area (Å²) < 4.78 is 9.76. The fourth-order valence-corrected chi connectivity index (χ4v) is 1.64.